The molecule has 0 saturated carbocycles. The first-order valence-corrected chi connectivity index (χ1v) is 25.7. The van der Waals surface area contributed by atoms with Crippen LogP contribution in [0.2, 0.25) is 0 Å². The van der Waals surface area contributed by atoms with Crippen molar-refractivity contribution in [1.82, 2.24) is 9.13 Å². The Labute approximate surface area is 399 Å². The summed E-state index contributed by atoms with van der Waals surface area (Å²) in [6.07, 6.45) is 0. The molecule has 0 atom stereocenters. The zero-order valence-corrected chi connectivity index (χ0v) is 39.9. The summed E-state index contributed by atoms with van der Waals surface area (Å²) < 4.78 is 4.84. The first kappa shape index (κ1) is 41.3. The lowest BCUT2D eigenvalue weighted by Gasteiger charge is -2.35. The number of hydrogen-bond donors (Lipinski definition) is 0. The molecule has 68 heavy (non-hydrogen) atoms. The van der Waals surface area contributed by atoms with E-state index >= 15 is 0 Å². The zero-order valence-electron chi connectivity index (χ0n) is 38.9. The second kappa shape index (κ2) is 16.6. The van der Waals surface area contributed by atoms with Gasteiger partial charge in [0.2, 0.25) is 0 Å². The van der Waals surface area contributed by atoms with Crippen LogP contribution in [0.15, 0.2) is 237 Å². The van der Waals surface area contributed by atoms with Gasteiger partial charge in [-0.2, -0.15) is 0 Å². The largest absolute Gasteiger partial charge is 0.311 e. The lowest BCUT2D eigenvalue weighted by atomic mass is 10.1. The highest BCUT2D eigenvalue weighted by Crippen LogP contribution is 2.39. The van der Waals surface area contributed by atoms with Gasteiger partial charge in [0.25, 0.3) is 0 Å². The lowest BCUT2D eigenvalue weighted by Crippen LogP contribution is -2.74. The van der Waals surface area contributed by atoms with E-state index < -0.39 is 8.07 Å². The molecule has 0 aliphatic carbocycles. The van der Waals surface area contributed by atoms with Crippen molar-refractivity contribution in [3.63, 3.8) is 0 Å². The third kappa shape index (κ3) is 6.79. The van der Waals surface area contributed by atoms with Gasteiger partial charge in [0, 0.05) is 50.0 Å². The van der Waals surface area contributed by atoms with Gasteiger partial charge in [0.1, 0.15) is 0 Å². The number of fused-ring (bicyclic) bond motifs is 6. The second-order valence-electron chi connectivity index (χ2n) is 18.5. The van der Waals surface area contributed by atoms with Gasteiger partial charge in [0.05, 0.1) is 22.1 Å². The minimum atomic E-state index is -2.82. The van der Waals surface area contributed by atoms with E-state index in [0.717, 1.165) is 28.4 Å². The normalized spacial score (nSPS) is 11.8. The molecule has 0 N–H and O–H groups in total. The van der Waals surface area contributed by atoms with Crippen LogP contribution in [0, 0.1) is 27.7 Å². The Hall–Kier alpha value is -8.18. The van der Waals surface area contributed by atoms with Gasteiger partial charge in [-0.05, 0) is 158 Å². The summed E-state index contributed by atoms with van der Waals surface area (Å²) >= 11 is 0. The van der Waals surface area contributed by atoms with Crippen LogP contribution < -0.4 is 25.6 Å². The number of aryl methyl sites for hydroxylation is 4. The van der Waals surface area contributed by atoms with E-state index in [1.807, 2.05) is 0 Å². The Morgan fingerprint density at radius 3 is 0.941 bits per heavy atom. The van der Waals surface area contributed by atoms with Gasteiger partial charge in [-0.1, -0.05) is 150 Å². The highest BCUT2D eigenvalue weighted by Gasteiger charge is 2.41. The summed E-state index contributed by atoms with van der Waals surface area (Å²) in [4.78, 5) is 2.44. The fraction of sp³-hybridized carbons (Fsp3) is 0.0625. The summed E-state index contributed by atoms with van der Waals surface area (Å²) in [5.74, 6) is 0. The van der Waals surface area contributed by atoms with E-state index in [1.54, 1.807) is 0 Å². The third-order valence-electron chi connectivity index (χ3n) is 14.0. The predicted molar refractivity (Wildman–Crippen MR) is 292 cm³/mol. The van der Waals surface area contributed by atoms with Crippen LogP contribution in [-0.4, -0.2) is 17.2 Å². The average molecular weight is 890 g/mol. The molecule has 10 aromatic carbocycles. The van der Waals surface area contributed by atoms with Gasteiger partial charge in [-0.25, -0.2) is 0 Å². The molecular formula is C64H51N3Si. The van der Waals surface area contributed by atoms with Crippen LogP contribution in [0.4, 0.5) is 17.1 Å². The zero-order chi connectivity index (χ0) is 45.9. The average Bonchev–Trinajstić information content (AvgIpc) is 3.86. The first-order valence-electron chi connectivity index (χ1n) is 23.7. The molecule has 0 radical (unpaired) electrons. The third-order valence-corrected chi connectivity index (χ3v) is 18.8. The van der Waals surface area contributed by atoms with Crippen molar-refractivity contribution in [2.24, 2.45) is 0 Å². The van der Waals surface area contributed by atoms with Crippen molar-refractivity contribution in [3.8, 4) is 11.4 Å². The molecule has 0 unspecified atom stereocenters. The van der Waals surface area contributed by atoms with Crippen molar-refractivity contribution in [3.05, 3.63) is 259 Å². The van der Waals surface area contributed by atoms with Crippen molar-refractivity contribution >= 4 is 89.5 Å². The molecule has 0 fully saturated rings. The van der Waals surface area contributed by atoms with Gasteiger partial charge in [0.15, 0.2) is 8.07 Å². The molecular weight excluding hydrogens is 839 g/mol. The molecule has 3 nitrogen and oxygen atoms in total. The number of aromatic nitrogens is 2. The Bertz CT molecular complexity index is 3430. The number of anilines is 3. The molecule has 326 valence electrons. The van der Waals surface area contributed by atoms with Gasteiger partial charge in [-0.15, -0.1) is 0 Å². The van der Waals surface area contributed by atoms with Crippen molar-refractivity contribution < 1.29 is 0 Å². The van der Waals surface area contributed by atoms with E-state index in [0.29, 0.717) is 0 Å². The maximum atomic E-state index is 2.47. The SMILES string of the molecule is Cc1ccc2c(c1)c1cc(C)ccc1n2-c1ccc(N(c2ccc(-n3c4ccc(C)cc4c4cc(C)ccc43)cc2)c2cccc([Si](c3ccccc3)(c3ccccc3)c3ccccc3)c2)cc1. The highest BCUT2D eigenvalue weighted by atomic mass is 28.3. The number of benzene rings is 10. The second-order valence-corrected chi connectivity index (χ2v) is 22.3. The molecule has 12 rings (SSSR count). The molecule has 0 aliphatic heterocycles. The smallest absolute Gasteiger partial charge is 0.179 e. The standard InChI is InChI=1S/C64H51N3Si/c1-44-23-35-61-57(39-44)58-40-45(2)24-36-62(58)66(61)50-31-27-48(28-32-50)65(49-29-33-51(34-30-49)67-63-37-25-46(3)41-59(63)60-42-47(4)26-38-64(60)67)52-15-14-22-56(43-52)68(53-16-8-5-9-17-53,54-18-10-6-11-19-54)55-20-12-7-13-21-55/h5-43H,1-4H3. The van der Waals surface area contributed by atoms with E-state index in [1.165, 1.54) is 86.6 Å². The summed E-state index contributed by atoms with van der Waals surface area (Å²) in [6, 6.07) is 88.6. The first-order chi connectivity index (χ1) is 33.3. The summed E-state index contributed by atoms with van der Waals surface area (Å²) in [5, 5.41) is 10.5. The number of rotatable bonds is 9. The van der Waals surface area contributed by atoms with Crippen molar-refractivity contribution in [2.75, 3.05) is 4.90 Å². The topological polar surface area (TPSA) is 13.1 Å². The lowest BCUT2D eigenvalue weighted by molar-refractivity contribution is 1.16. The summed E-state index contributed by atoms with van der Waals surface area (Å²) in [6.45, 7) is 8.72. The Morgan fingerprint density at radius 1 is 0.279 bits per heavy atom. The maximum absolute atomic E-state index is 2.82. The predicted octanol–water partition coefficient (Wildman–Crippen LogP) is 14.0. The molecule has 0 bridgehead atoms. The molecule has 0 aliphatic rings. The van der Waals surface area contributed by atoms with Crippen LogP contribution in [0.3, 0.4) is 0 Å². The Kier molecular flexibility index (Phi) is 10.1. The van der Waals surface area contributed by atoms with E-state index in [-0.39, 0.29) is 0 Å². The van der Waals surface area contributed by atoms with Crippen molar-refractivity contribution in [2.45, 2.75) is 27.7 Å². The highest BCUT2D eigenvalue weighted by molar-refractivity contribution is 7.19. The van der Waals surface area contributed by atoms with E-state index in [4.69, 9.17) is 0 Å². The number of nitrogens with zero attached hydrogens (tertiary/aromatic N) is 3. The molecule has 2 aromatic heterocycles. The summed E-state index contributed by atoms with van der Waals surface area (Å²) in [5.41, 5.74) is 15.4. The van der Waals surface area contributed by atoms with Crippen LogP contribution in [-0.2, 0) is 0 Å². The fourth-order valence-corrected chi connectivity index (χ4v) is 15.7. The van der Waals surface area contributed by atoms with Gasteiger partial charge >= 0.3 is 0 Å². The molecule has 0 spiro atoms. The van der Waals surface area contributed by atoms with Gasteiger partial charge < -0.3 is 14.0 Å². The molecule has 12 aromatic rings. The molecule has 4 heteroatoms. The minimum absolute atomic E-state index is 1.08. The maximum Gasteiger partial charge on any atom is 0.179 e. The van der Waals surface area contributed by atoms with E-state index in [2.05, 4.69) is 278 Å². The molecule has 0 amide bonds. The van der Waals surface area contributed by atoms with Crippen LogP contribution in [0.5, 0.6) is 0 Å². The Balaban J connectivity index is 1.06. The van der Waals surface area contributed by atoms with Crippen LogP contribution in [0.1, 0.15) is 22.3 Å². The molecule has 2 heterocycles. The minimum Gasteiger partial charge on any atom is -0.311 e. The fourth-order valence-electron chi connectivity index (χ4n) is 10.9. The van der Waals surface area contributed by atoms with Gasteiger partial charge in [-0.3, -0.25) is 0 Å². The van der Waals surface area contributed by atoms with Crippen LogP contribution in [0.25, 0.3) is 55.0 Å². The quantitative estimate of drug-likeness (QED) is 0.104. The Morgan fingerprint density at radius 2 is 0.603 bits per heavy atom. The summed E-state index contributed by atoms with van der Waals surface area (Å²) in [7, 11) is -2.82. The van der Waals surface area contributed by atoms with E-state index in [9.17, 15) is 0 Å². The number of hydrogen-bond acceptors (Lipinski definition) is 1. The monoisotopic (exact) mass is 889 g/mol. The van der Waals surface area contributed by atoms with Crippen LogP contribution >= 0.6 is 0 Å². The van der Waals surface area contributed by atoms with Crippen molar-refractivity contribution in [1.29, 1.82) is 0 Å². The molecule has 0 saturated heterocycles.